The van der Waals surface area contributed by atoms with Crippen LogP contribution in [-0.4, -0.2) is 39.6 Å². The molecule has 1 fully saturated rings. The molecule has 1 saturated carbocycles. The predicted molar refractivity (Wildman–Crippen MR) is 71.2 cm³/mol. The van der Waals surface area contributed by atoms with Gasteiger partial charge in [0.15, 0.2) is 0 Å². The Labute approximate surface area is 117 Å². The van der Waals surface area contributed by atoms with Gasteiger partial charge in [-0.2, -0.15) is 0 Å². The summed E-state index contributed by atoms with van der Waals surface area (Å²) in [7, 11) is 1.58. The second kappa shape index (κ2) is 5.64. The van der Waals surface area contributed by atoms with Crippen LogP contribution in [0.5, 0.6) is 0 Å². The number of aromatic nitrogens is 1. The van der Waals surface area contributed by atoms with Crippen molar-refractivity contribution in [1.29, 1.82) is 0 Å². The van der Waals surface area contributed by atoms with Crippen molar-refractivity contribution in [3.63, 3.8) is 0 Å². The Balaban J connectivity index is 2.12. The molecule has 1 aliphatic rings. The molecule has 2 rings (SSSR count). The summed E-state index contributed by atoms with van der Waals surface area (Å²) in [4.78, 5) is 25.3. The van der Waals surface area contributed by atoms with Crippen LogP contribution >= 0.6 is 0 Å². The van der Waals surface area contributed by atoms with E-state index in [0.717, 1.165) is 19.3 Å². The van der Waals surface area contributed by atoms with Gasteiger partial charge < -0.3 is 14.5 Å². The van der Waals surface area contributed by atoms with E-state index in [1.807, 2.05) is 0 Å². The third kappa shape index (κ3) is 2.69. The maximum absolute atomic E-state index is 12.3. The molecule has 20 heavy (non-hydrogen) atoms. The van der Waals surface area contributed by atoms with Crippen LogP contribution in [0, 0.1) is 6.92 Å². The summed E-state index contributed by atoms with van der Waals surface area (Å²) < 4.78 is 4.93. The molecule has 0 spiro atoms. The Morgan fingerprint density at radius 1 is 1.40 bits per heavy atom. The first kappa shape index (κ1) is 14.6. The van der Waals surface area contributed by atoms with E-state index < -0.39 is 11.5 Å². The van der Waals surface area contributed by atoms with Crippen molar-refractivity contribution in [3.8, 4) is 0 Å². The van der Waals surface area contributed by atoms with E-state index in [0.29, 0.717) is 24.3 Å². The van der Waals surface area contributed by atoms with E-state index in [-0.39, 0.29) is 12.3 Å². The number of likely N-dealkylation sites (N-methyl/N-ethyl adjacent to an activating group) is 1. The molecule has 1 heterocycles. The molecule has 0 saturated heterocycles. The SMILES string of the molecule is Cc1cc(CC(=O)N(C)C2(C(=O)O)CCCCC2)no1. The maximum atomic E-state index is 12.3. The van der Waals surface area contributed by atoms with Crippen LogP contribution in [0.1, 0.15) is 43.6 Å². The lowest BCUT2D eigenvalue weighted by Gasteiger charge is -2.41. The van der Waals surface area contributed by atoms with E-state index in [9.17, 15) is 14.7 Å². The molecule has 0 atom stereocenters. The van der Waals surface area contributed by atoms with Crippen molar-refractivity contribution in [3.05, 3.63) is 17.5 Å². The number of hydrogen-bond acceptors (Lipinski definition) is 4. The summed E-state index contributed by atoms with van der Waals surface area (Å²) in [6, 6.07) is 1.69. The van der Waals surface area contributed by atoms with Gasteiger partial charge in [0, 0.05) is 13.1 Å². The van der Waals surface area contributed by atoms with Crippen molar-refractivity contribution in [2.24, 2.45) is 0 Å². The molecule has 1 aromatic rings. The zero-order valence-corrected chi connectivity index (χ0v) is 11.9. The van der Waals surface area contributed by atoms with Crippen molar-refractivity contribution in [1.82, 2.24) is 10.1 Å². The quantitative estimate of drug-likeness (QED) is 0.908. The van der Waals surface area contributed by atoms with Gasteiger partial charge >= 0.3 is 5.97 Å². The molecule has 0 bridgehead atoms. The summed E-state index contributed by atoms with van der Waals surface area (Å²) in [6.07, 6.45) is 3.81. The van der Waals surface area contributed by atoms with Gasteiger partial charge in [-0.15, -0.1) is 0 Å². The highest BCUT2D eigenvalue weighted by Crippen LogP contribution is 2.33. The number of carboxylic acid groups (broad SMARTS) is 1. The number of aliphatic carboxylic acids is 1. The highest BCUT2D eigenvalue weighted by atomic mass is 16.5. The molecule has 1 amide bonds. The summed E-state index contributed by atoms with van der Waals surface area (Å²) in [6.45, 7) is 1.75. The average molecular weight is 280 g/mol. The van der Waals surface area contributed by atoms with Crippen LogP contribution < -0.4 is 0 Å². The number of hydrogen-bond donors (Lipinski definition) is 1. The highest BCUT2D eigenvalue weighted by molar-refractivity contribution is 5.87. The fraction of sp³-hybridized carbons (Fsp3) is 0.643. The van der Waals surface area contributed by atoms with Crippen molar-refractivity contribution in [2.75, 3.05) is 7.05 Å². The molecule has 1 aliphatic carbocycles. The van der Waals surface area contributed by atoms with E-state index >= 15 is 0 Å². The van der Waals surface area contributed by atoms with Crippen LogP contribution in [0.15, 0.2) is 10.6 Å². The third-order valence-electron chi connectivity index (χ3n) is 4.10. The molecule has 1 aromatic heterocycles. The fourth-order valence-electron chi connectivity index (χ4n) is 2.84. The van der Waals surface area contributed by atoms with Gasteiger partial charge in [0.1, 0.15) is 11.3 Å². The molecule has 1 N–H and O–H groups in total. The monoisotopic (exact) mass is 280 g/mol. The summed E-state index contributed by atoms with van der Waals surface area (Å²) >= 11 is 0. The number of amides is 1. The Hall–Kier alpha value is -1.85. The second-order valence-corrected chi connectivity index (χ2v) is 5.46. The largest absolute Gasteiger partial charge is 0.479 e. The molecular formula is C14H20N2O4. The molecule has 0 radical (unpaired) electrons. The predicted octanol–water partition coefficient (Wildman–Crippen LogP) is 1.77. The summed E-state index contributed by atoms with van der Waals surface area (Å²) in [5, 5.41) is 13.3. The minimum atomic E-state index is -1.06. The number of nitrogens with zero attached hydrogens (tertiary/aromatic N) is 2. The van der Waals surface area contributed by atoms with Crippen LogP contribution in [-0.2, 0) is 16.0 Å². The first-order valence-corrected chi connectivity index (χ1v) is 6.88. The lowest BCUT2D eigenvalue weighted by molar-refractivity contribution is -0.160. The lowest BCUT2D eigenvalue weighted by atomic mass is 9.80. The van der Waals surface area contributed by atoms with Gasteiger partial charge in [-0.3, -0.25) is 4.79 Å². The Morgan fingerprint density at radius 3 is 2.55 bits per heavy atom. The number of carbonyl (C=O) groups excluding carboxylic acids is 1. The van der Waals surface area contributed by atoms with Gasteiger partial charge in [0.25, 0.3) is 0 Å². The second-order valence-electron chi connectivity index (χ2n) is 5.46. The Kier molecular flexibility index (Phi) is 4.11. The number of carboxylic acids is 1. The standard InChI is InChI=1S/C14H20N2O4/c1-10-8-11(15-20-10)9-12(17)16(2)14(13(18)19)6-4-3-5-7-14/h8H,3-7,9H2,1-2H3,(H,18,19). The first-order chi connectivity index (χ1) is 9.45. The minimum absolute atomic E-state index is 0.0723. The molecule has 0 aromatic carbocycles. The minimum Gasteiger partial charge on any atom is -0.479 e. The van der Waals surface area contributed by atoms with E-state index in [1.165, 1.54) is 4.90 Å². The average Bonchev–Trinajstić information content (AvgIpc) is 2.83. The van der Waals surface area contributed by atoms with Crippen molar-refractivity contribution < 1.29 is 19.2 Å². The van der Waals surface area contributed by atoms with E-state index in [1.54, 1.807) is 20.0 Å². The topological polar surface area (TPSA) is 83.6 Å². The van der Waals surface area contributed by atoms with Crippen LogP contribution in [0.3, 0.4) is 0 Å². The molecule has 0 unspecified atom stereocenters. The Morgan fingerprint density at radius 2 is 2.05 bits per heavy atom. The molecule has 6 heteroatoms. The van der Waals surface area contributed by atoms with E-state index in [4.69, 9.17) is 4.52 Å². The van der Waals surface area contributed by atoms with Crippen molar-refractivity contribution >= 4 is 11.9 Å². The van der Waals surface area contributed by atoms with Gasteiger partial charge in [0.05, 0.1) is 12.1 Å². The van der Waals surface area contributed by atoms with E-state index in [2.05, 4.69) is 5.16 Å². The normalized spacial score (nSPS) is 17.7. The zero-order valence-electron chi connectivity index (χ0n) is 11.9. The molecule has 6 nitrogen and oxygen atoms in total. The number of carbonyl (C=O) groups is 2. The zero-order chi connectivity index (χ0) is 14.8. The third-order valence-corrected chi connectivity index (χ3v) is 4.10. The molecule has 110 valence electrons. The first-order valence-electron chi connectivity index (χ1n) is 6.88. The molecule has 0 aliphatic heterocycles. The highest BCUT2D eigenvalue weighted by Gasteiger charge is 2.45. The number of aryl methyl sites for hydroxylation is 1. The van der Waals surface area contributed by atoms with Crippen LogP contribution in [0.2, 0.25) is 0 Å². The lowest BCUT2D eigenvalue weighted by Crippen LogP contribution is -2.56. The number of rotatable bonds is 4. The van der Waals surface area contributed by atoms with Crippen LogP contribution in [0.4, 0.5) is 0 Å². The van der Waals surface area contributed by atoms with Gasteiger partial charge in [-0.25, -0.2) is 4.79 Å². The fourth-order valence-corrected chi connectivity index (χ4v) is 2.84. The maximum Gasteiger partial charge on any atom is 0.329 e. The van der Waals surface area contributed by atoms with Crippen molar-refractivity contribution in [2.45, 2.75) is 51.0 Å². The smallest absolute Gasteiger partial charge is 0.329 e. The molecular weight excluding hydrogens is 260 g/mol. The van der Waals surface area contributed by atoms with Gasteiger partial charge in [-0.05, 0) is 19.8 Å². The van der Waals surface area contributed by atoms with Gasteiger partial charge in [-0.1, -0.05) is 24.4 Å². The Bertz CT molecular complexity index is 503. The van der Waals surface area contributed by atoms with Crippen LogP contribution in [0.25, 0.3) is 0 Å². The summed E-state index contributed by atoms with van der Waals surface area (Å²) in [5.74, 6) is -0.506. The van der Waals surface area contributed by atoms with Gasteiger partial charge in [0.2, 0.25) is 5.91 Å². The summed E-state index contributed by atoms with van der Waals surface area (Å²) in [5.41, 5.74) is -0.524.